The van der Waals surface area contributed by atoms with Crippen LogP contribution in [0.1, 0.15) is 11.1 Å². The van der Waals surface area contributed by atoms with Gasteiger partial charge >= 0.3 is 0 Å². The smallest absolute Gasteiger partial charge is 0.240 e. The van der Waals surface area contributed by atoms with E-state index in [0.717, 1.165) is 25.2 Å². The highest BCUT2D eigenvalue weighted by atomic mass is 32.2. The zero-order valence-corrected chi connectivity index (χ0v) is 17.7. The van der Waals surface area contributed by atoms with E-state index in [0.29, 0.717) is 17.3 Å². The molecule has 0 saturated carbocycles. The molecule has 0 radical (unpaired) electrons. The Morgan fingerprint density at radius 3 is 2.40 bits per heavy atom. The number of sulfonamides is 1. The number of hydrogen-bond donors (Lipinski definition) is 3. The first-order valence-corrected chi connectivity index (χ1v) is 11.1. The third-order valence-electron chi connectivity index (χ3n) is 5.03. The van der Waals surface area contributed by atoms with E-state index in [2.05, 4.69) is 55.5 Å². The second kappa shape index (κ2) is 8.39. The van der Waals surface area contributed by atoms with E-state index < -0.39 is 10.0 Å². The summed E-state index contributed by atoms with van der Waals surface area (Å²) >= 11 is 0. The molecule has 0 unspecified atom stereocenters. The van der Waals surface area contributed by atoms with Crippen LogP contribution < -0.4 is 15.4 Å². The molecule has 0 saturated heterocycles. The molecule has 1 aliphatic heterocycles. The highest BCUT2D eigenvalue weighted by Gasteiger charge is 2.14. The molecule has 1 aromatic heterocycles. The van der Waals surface area contributed by atoms with Crippen molar-refractivity contribution in [1.29, 1.82) is 0 Å². The zero-order chi connectivity index (χ0) is 21.1. The maximum absolute atomic E-state index is 12.0. The number of nitrogens with zero attached hydrogens (tertiary/aromatic N) is 3. The number of benzene rings is 2. The third kappa shape index (κ3) is 4.59. The van der Waals surface area contributed by atoms with Crippen molar-refractivity contribution in [2.24, 2.45) is 0 Å². The van der Waals surface area contributed by atoms with E-state index in [4.69, 9.17) is 0 Å². The van der Waals surface area contributed by atoms with Gasteiger partial charge in [0.25, 0.3) is 0 Å². The Morgan fingerprint density at radius 1 is 0.933 bits per heavy atom. The molecule has 0 amide bonds. The minimum Gasteiger partial charge on any atom is -0.340 e. The first-order valence-electron chi connectivity index (χ1n) is 9.63. The van der Waals surface area contributed by atoms with Crippen LogP contribution in [0.15, 0.2) is 59.8 Å². The summed E-state index contributed by atoms with van der Waals surface area (Å²) in [4.78, 5) is 11.0. The number of anilines is 4. The van der Waals surface area contributed by atoms with Gasteiger partial charge in [0.1, 0.15) is 18.0 Å². The molecule has 8 nitrogen and oxygen atoms in total. The van der Waals surface area contributed by atoms with Crippen molar-refractivity contribution in [2.75, 3.05) is 31.3 Å². The van der Waals surface area contributed by atoms with Gasteiger partial charge in [0.15, 0.2) is 0 Å². The minimum absolute atomic E-state index is 0.182. The predicted molar refractivity (Wildman–Crippen MR) is 118 cm³/mol. The number of fused-ring (bicyclic) bond motifs is 1. The van der Waals surface area contributed by atoms with Crippen molar-refractivity contribution in [3.05, 3.63) is 66.0 Å². The van der Waals surface area contributed by atoms with Gasteiger partial charge in [-0.25, -0.2) is 23.1 Å². The Balaban J connectivity index is 1.51. The maximum Gasteiger partial charge on any atom is 0.240 e. The molecular formula is C21H24N6O2S. The summed E-state index contributed by atoms with van der Waals surface area (Å²) in [7, 11) is 0.000652. The van der Waals surface area contributed by atoms with E-state index in [9.17, 15) is 8.42 Å². The van der Waals surface area contributed by atoms with Gasteiger partial charge in [0, 0.05) is 30.5 Å². The fraction of sp³-hybridized carbons (Fsp3) is 0.238. The molecule has 9 heteroatoms. The minimum atomic E-state index is -3.51. The highest BCUT2D eigenvalue weighted by Crippen LogP contribution is 2.25. The number of nitrogens with one attached hydrogen (secondary N) is 3. The van der Waals surface area contributed by atoms with Crippen molar-refractivity contribution in [3.8, 4) is 0 Å². The molecule has 0 bridgehead atoms. The molecule has 0 spiro atoms. The number of rotatable bonds is 6. The predicted octanol–water partition coefficient (Wildman–Crippen LogP) is 2.86. The van der Waals surface area contributed by atoms with Crippen molar-refractivity contribution in [3.63, 3.8) is 0 Å². The summed E-state index contributed by atoms with van der Waals surface area (Å²) in [6.07, 6.45) is 2.53. The Bertz CT molecular complexity index is 1170. The molecule has 3 aromatic rings. The van der Waals surface area contributed by atoms with Crippen molar-refractivity contribution < 1.29 is 8.42 Å². The lowest BCUT2D eigenvalue weighted by Crippen LogP contribution is -2.26. The second-order valence-electron chi connectivity index (χ2n) is 7.25. The van der Waals surface area contributed by atoms with Gasteiger partial charge < -0.3 is 15.5 Å². The van der Waals surface area contributed by atoms with Gasteiger partial charge in [0.2, 0.25) is 10.0 Å². The van der Waals surface area contributed by atoms with E-state index in [1.54, 1.807) is 24.3 Å². The van der Waals surface area contributed by atoms with Crippen molar-refractivity contribution in [2.45, 2.75) is 17.9 Å². The summed E-state index contributed by atoms with van der Waals surface area (Å²) in [6.45, 7) is 2.02. The normalized spacial score (nSPS) is 14.2. The fourth-order valence-electron chi connectivity index (χ4n) is 3.42. The monoisotopic (exact) mass is 424 g/mol. The van der Waals surface area contributed by atoms with E-state index in [-0.39, 0.29) is 4.90 Å². The molecule has 0 aliphatic carbocycles. The van der Waals surface area contributed by atoms with E-state index in [1.807, 2.05) is 0 Å². The molecule has 0 atom stereocenters. The largest absolute Gasteiger partial charge is 0.340 e. The van der Waals surface area contributed by atoms with Crippen LogP contribution in [0.2, 0.25) is 0 Å². The topological polar surface area (TPSA) is 99.2 Å². The van der Waals surface area contributed by atoms with E-state index >= 15 is 0 Å². The van der Waals surface area contributed by atoms with Crippen LogP contribution in [-0.2, 0) is 23.0 Å². The van der Waals surface area contributed by atoms with Gasteiger partial charge in [-0.05, 0) is 62.0 Å². The van der Waals surface area contributed by atoms with Crippen molar-refractivity contribution in [1.82, 2.24) is 19.6 Å². The zero-order valence-electron chi connectivity index (χ0n) is 16.9. The number of aromatic nitrogens is 2. The standard InChI is InChI=1S/C21H24N6O2S/c1-22-30(28,29)19-5-3-4-17(11-19)25-20-12-21(24-14-23-20)26-18-7-6-15-8-9-27(2)13-16(15)10-18/h3-7,10-12,14,22H,8-9,13H2,1-2H3,(H2,23,24,25,26). The maximum atomic E-state index is 12.0. The lowest BCUT2D eigenvalue weighted by atomic mass is 9.99. The lowest BCUT2D eigenvalue weighted by molar-refractivity contribution is 0.313. The van der Waals surface area contributed by atoms with Crippen LogP contribution in [0.4, 0.5) is 23.0 Å². The molecule has 2 heterocycles. The molecule has 4 rings (SSSR count). The lowest BCUT2D eigenvalue weighted by Gasteiger charge is -2.25. The first-order chi connectivity index (χ1) is 14.4. The summed E-state index contributed by atoms with van der Waals surface area (Å²) < 4.78 is 26.3. The number of likely N-dealkylation sites (N-methyl/N-ethyl adjacent to an activating group) is 1. The Hall–Kier alpha value is -3.01. The number of hydrogen-bond acceptors (Lipinski definition) is 7. The van der Waals surface area contributed by atoms with Crippen LogP contribution in [0.5, 0.6) is 0 Å². The molecule has 30 heavy (non-hydrogen) atoms. The fourth-order valence-corrected chi connectivity index (χ4v) is 4.20. The Morgan fingerprint density at radius 2 is 1.67 bits per heavy atom. The third-order valence-corrected chi connectivity index (χ3v) is 6.45. The molecule has 0 fully saturated rings. The van der Waals surface area contributed by atoms with Gasteiger partial charge in [0.05, 0.1) is 4.90 Å². The average Bonchev–Trinajstić information content (AvgIpc) is 2.74. The summed E-state index contributed by atoms with van der Waals surface area (Å²) in [5.41, 5.74) is 4.30. The van der Waals surface area contributed by atoms with Crippen LogP contribution in [0, 0.1) is 0 Å². The van der Waals surface area contributed by atoms with Gasteiger partial charge in [-0.1, -0.05) is 12.1 Å². The average molecular weight is 425 g/mol. The molecular weight excluding hydrogens is 400 g/mol. The summed E-state index contributed by atoms with van der Waals surface area (Å²) in [6, 6.07) is 14.7. The molecule has 2 aromatic carbocycles. The van der Waals surface area contributed by atoms with Crippen LogP contribution in [0.3, 0.4) is 0 Å². The Kier molecular flexibility index (Phi) is 5.67. The van der Waals surface area contributed by atoms with Gasteiger partial charge in [-0.3, -0.25) is 0 Å². The summed E-state index contributed by atoms with van der Waals surface area (Å²) in [5.74, 6) is 1.21. The van der Waals surface area contributed by atoms with Gasteiger partial charge in [-0.15, -0.1) is 0 Å². The second-order valence-corrected chi connectivity index (χ2v) is 9.13. The molecule has 156 valence electrons. The van der Waals surface area contributed by atoms with E-state index in [1.165, 1.54) is 30.6 Å². The Labute approximate surface area is 176 Å². The summed E-state index contributed by atoms with van der Waals surface area (Å²) in [5, 5.41) is 6.46. The molecule has 3 N–H and O–H groups in total. The quantitative estimate of drug-likeness (QED) is 0.560. The van der Waals surface area contributed by atoms with Crippen LogP contribution in [0.25, 0.3) is 0 Å². The van der Waals surface area contributed by atoms with Gasteiger partial charge in [-0.2, -0.15) is 0 Å². The SMILES string of the molecule is CNS(=O)(=O)c1cccc(Nc2cc(Nc3ccc4c(c3)CN(C)CC4)ncn2)c1. The highest BCUT2D eigenvalue weighted by molar-refractivity contribution is 7.89. The van der Waals surface area contributed by atoms with Crippen LogP contribution in [-0.4, -0.2) is 43.9 Å². The van der Waals surface area contributed by atoms with Crippen molar-refractivity contribution >= 4 is 33.0 Å². The first kappa shape index (κ1) is 20.3. The van der Waals surface area contributed by atoms with Crippen LogP contribution >= 0.6 is 0 Å². The molecule has 1 aliphatic rings.